The summed E-state index contributed by atoms with van der Waals surface area (Å²) in [4.78, 5) is 19.3. The van der Waals surface area contributed by atoms with Crippen molar-refractivity contribution in [1.29, 1.82) is 0 Å². The van der Waals surface area contributed by atoms with Gasteiger partial charge in [0.25, 0.3) is 0 Å². The smallest absolute Gasteiger partial charge is 0.481 e. The molecule has 3 atom stereocenters. The number of carboxylic acid groups (broad SMARTS) is 2. The lowest BCUT2D eigenvalue weighted by Gasteiger charge is -2.27. The van der Waals surface area contributed by atoms with E-state index >= 15 is 0 Å². The lowest BCUT2D eigenvalue weighted by atomic mass is 9.81. The van der Waals surface area contributed by atoms with Gasteiger partial charge in [0.15, 0.2) is 0 Å². The highest BCUT2D eigenvalue weighted by atomic mass is 19.4. The van der Waals surface area contributed by atoms with Crippen molar-refractivity contribution in [1.82, 2.24) is 0 Å². The van der Waals surface area contributed by atoms with Gasteiger partial charge in [-0.15, -0.1) is 0 Å². The van der Waals surface area contributed by atoms with Crippen molar-refractivity contribution >= 4 is 11.9 Å². The molecule has 2 fully saturated rings. The Kier molecular flexibility index (Phi) is 2.88. The normalized spacial score (nSPS) is 35.0. The number of carbonyl (C=O) groups is 2. The van der Waals surface area contributed by atoms with Crippen LogP contribution >= 0.6 is 0 Å². The predicted molar refractivity (Wildman–Crippen MR) is 44.5 cm³/mol. The Morgan fingerprint density at radius 3 is 1.75 bits per heavy atom. The summed E-state index contributed by atoms with van der Waals surface area (Å²) in [7, 11) is 0. The molecule has 92 valence electrons. The molecule has 0 spiro atoms. The molecule has 0 aromatic rings. The largest absolute Gasteiger partial charge is 0.490 e. The summed E-state index contributed by atoms with van der Waals surface area (Å²) < 4.78 is 31.7. The van der Waals surface area contributed by atoms with E-state index in [4.69, 9.17) is 20.7 Å². The van der Waals surface area contributed by atoms with Crippen molar-refractivity contribution in [2.24, 2.45) is 17.1 Å². The molecule has 2 aliphatic carbocycles. The molecular weight excluding hydrogens is 231 g/mol. The zero-order valence-electron chi connectivity index (χ0n) is 7.99. The molecule has 0 saturated heterocycles. The monoisotopic (exact) mass is 241 g/mol. The summed E-state index contributed by atoms with van der Waals surface area (Å²) in [5.41, 5.74) is 5.18. The van der Waals surface area contributed by atoms with Crippen molar-refractivity contribution < 1.29 is 33.0 Å². The number of nitrogens with two attached hydrogens (primary N) is 1. The minimum atomic E-state index is -5.08. The average Bonchev–Trinajstić information content (AvgIpc) is 2.71. The Morgan fingerprint density at radius 1 is 1.25 bits per heavy atom. The van der Waals surface area contributed by atoms with Crippen LogP contribution in [-0.2, 0) is 9.59 Å². The molecule has 4 N–H and O–H groups in total. The Labute approximate surface area is 88.0 Å². The van der Waals surface area contributed by atoms with Crippen LogP contribution in [0.5, 0.6) is 0 Å². The zero-order valence-corrected chi connectivity index (χ0v) is 7.99. The molecule has 2 saturated carbocycles. The van der Waals surface area contributed by atoms with E-state index in [-0.39, 0.29) is 11.5 Å². The second-order valence-electron chi connectivity index (χ2n) is 3.94. The molecule has 0 bridgehead atoms. The lowest BCUT2D eigenvalue weighted by Crippen LogP contribution is -2.42. The maximum absolute atomic E-state index is 10.6. The summed E-state index contributed by atoms with van der Waals surface area (Å²) in [5.74, 6) is -3.09. The van der Waals surface area contributed by atoms with Crippen molar-refractivity contribution in [2.75, 3.05) is 0 Å². The van der Waals surface area contributed by atoms with Gasteiger partial charge < -0.3 is 15.9 Å². The van der Waals surface area contributed by atoms with E-state index in [9.17, 15) is 18.0 Å². The number of rotatable bonds is 1. The SMILES string of the molecule is N[C@@H]1C[C@@]2(C(=O)O)C[C@@H]12.O=C(O)C(F)(F)F. The van der Waals surface area contributed by atoms with Gasteiger partial charge in [0.05, 0.1) is 5.41 Å². The van der Waals surface area contributed by atoms with Crippen LogP contribution in [0.4, 0.5) is 13.2 Å². The third kappa shape index (κ3) is 2.11. The topological polar surface area (TPSA) is 101 Å². The number of hydrogen-bond donors (Lipinski definition) is 3. The summed E-state index contributed by atoms with van der Waals surface area (Å²) >= 11 is 0. The second-order valence-corrected chi connectivity index (χ2v) is 3.94. The maximum Gasteiger partial charge on any atom is 0.490 e. The number of fused-ring (bicyclic) bond motifs is 1. The van der Waals surface area contributed by atoms with Crippen LogP contribution in [0.15, 0.2) is 0 Å². The summed E-state index contributed by atoms with van der Waals surface area (Å²) in [6.45, 7) is 0. The highest BCUT2D eigenvalue weighted by Crippen LogP contribution is 2.66. The molecule has 0 radical (unpaired) electrons. The van der Waals surface area contributed by atoms with Crippen LogP contribution in [-0.4, -0.2) is 34.4 Å². The Bertz CT molecular complexity index is 330. The van der Waals surface area contributed by atoms with Gasteiger partial charge in [-0.3, -0.25) is 4.79 Å². The lowest BCUT2D eigenvalue weighted by molar-refractivity contribution is -0.192. The fourth-order valence-electron chi connectivity index (χ4n) is 1.86. The Balaban J connectivity index is 0.000000168. The van der Waals surface area contributed by atoms with Gasteiger partial charge in [0.2, 0.25) is 0 Å². The minimum Gasteiger partial charge on any atom is -0.481 e. The number of alkyl halides is 3. The molecule has 0 unspecified atom stereocenters. The van der Waals surface area contributed by atoms with E-state index in [0.29, 0.717) is 12.3 Å². The van der Waals surface area contributed by atoms with Crippen molar-refractivity contribution in [3.05, 3.63) is 0 Å². The molecule has 0 aromatic heterocycles. The number of aliphatic carboxylic acids is 2. The van der Waals surface area contributed by atoms with Crippen molar-refractivity contribution in [3.8, 4) is 0 Å². The third-order valence-electron chi connectivity index (χ3n) is 2.92. The maximum atomic E-state index is 10.6. The minimum absolute atomic E-state index is 0.182. The van der Waals surface area contributed by atoms with Crippen LogP contribution in [0.1, 0.15) is 12.8 Å². The first-order chi connectivity index (χ1) is 7.11. The first-order valence-corrected chi connectivity index (χ1v) is 4.40. The highest BCUT2D eigenvalue weighted by molar-refractivity contribution is 5.81. The van der Waals surface area contributed by atoms with Gasteiger partial charge in [-0.2, -0.15) is 13.2 Å². The summed E-state index contributed by atoms with van der Waals surface area (Å²) in [6, 6.07) is 0.182. The van der Waals surface area contributed by atoms with Crippen molar-refractivity contribution in [2.45, 2.75) is 25.1 Å². The second kappa shape index (κ2) is 3.62. The molecule has 2 aliphatic rings. The number of halogens is 3. The first-order valence-electron chi connectivity index (χ1n) is 4.40. The average molecular weight is 241 g/mol. The van der Waals surface area contributed by atoms with Crippen LogP contribution in [0.2, 0.25) is 0 Å². The van der Waals surface area contributed by atoms with Gasteiger partial charge in [0.1, 0.15) is 0 Å². The van der Waals surface area contributed by atoms with Crippen LogP contribution in [0, 0.1) is 11.3 Å². The molecule has 16 heavy (non-hydrogen) atoms. The molecule has 0 aromatic carbocycles. The molecule has 0 heterocycles. The molecule has 8 heteroatoms. The summed E-state index contributed by atoms with van der Waals surface area (Å²) in [6.07, 6.45) is -3.56. The number of carboxylic acids is 2. The van der Waals surface area contributed by atoms with Gasteiger partial charge >= 0.3 is 18.1 Å². The van der Waals surface area contributed by atoms with Gasteiger partial charge in [-0.25, -0.2) is 4.79 Å². The van der Waals surface area contributed by atoms with Crippen LogP contribution < -0.4 is 5.73 Å². The van der Waals surface area contributed by atoms with Gasteiger partial charge in [-0.1, -0.05) is 0 Å². The van der Waals surface area contributed by atoms with E-state index < -0.39 is 18.1 Å². The molecule has 0 amide bonds. The quantitative estimate of drug-likeness (QED) is 0.618. The van der Waals surface area contributed by atoms with E-state index in [2.05, 4.69) is 0 Å². The molecule has 0 aliphatic heterocycles. The van der Waals surface area contributed by atoms with Gasteiger partial charge in [0, 0.05) is 6.04 Å². The van der Waals surface area contributed by atoms with Crippen LogP contribution in [0.3, 0.4) is 0 Å². The van der Waals surface area contributed by atoms with E-state index in [1.165, 1.54) is 0 Å². The van der Waals surface area contributed by atoms with E-state index in [0.717, 1.165) is 6.42 Å². The van der Waals surface area contributed by atoms with Crippen molar-refractivity contribution in [3.63, 3.8) is 0 Å². The Hall–Kier alpha value is -1.31. The van der Waals surface area contributed by atoms with E-state index in [1.54, 1.807) is 0 Å². The fraction of sp³-hybridized carbons (Fsp3) is 0.750. The summed E-state index contributed by atoms with van der Waals surface area (Å²) in [5, 5.41) is 15.7. The fourth-order valence-corrected chi connectivity index (χ4v) is 1.86. The predicted octanol–water partition coefficient (Wildman–Crippen LogP) is 0.442. The number of hydrogen-bond acceptors (Lipinski definition) is 3. The standard InChI is InChI=1S/C6H9NO2.C2HF3O2/c7-4-2-6(5(8)9)1-3(4)6;3-2(4,5)1(6)7/h3-4H,1-2,7H2,(H,8,9);(H,6,7)/t3-,4+,6-;/m0./s1. The zero-order chi connectivity index (χ0) is 12.7. The van der Waals surface area contributed by atoms with E-state index in [1.807, 2.05) is 0 Å². The Morgan fingerprint density at radius 2 is 1.69 bits per heavy atom. The van der Waals surface area contributed by atoms with Gasteiger partial charge in [-0.05, 0) is 18.8 Å². The highest BCUT2D eigenvalue weighted by Gasteiger charge is 2.71. The third-order valence-corrected chi connectivity index (χ3v) is 2.92. The molecule has 2 rings (SSSR count). The first kappa shape index (κ1) is 12.8. The van der Waals surface area contributed by atoms with Crippen LogP contribution in [0.25, 0.3) is 0 Å². The molecular formula is C8H10F3NO4. The molecule has 5 nitrogen and oxygen atoms in total.